The fourth-order valence-electron chi connectivity index (χ4n) is 4.36. The monoisotopic (exact) mass is 433 g/mol. The van der Waals surface area contributed by atoms with Gasteiger partial charge in [0.2, 0.25) is 0 Å². The van der Waals surface area contributed by atoms with E-state index in [9.17, 15) is 9.59 Å². The van der Waals surface area contributed by atoms with Crippen LogP contribution in [0, 0.1) is 0 Å². The van der Waals surface area contributed by atoms with Crippen molar-refractivity contribution in [3.8, 4) is 5.75 Å². The van der Waals surface area contributed by atoms with E-state index in [2.05, 4.69) is 23.6 Å². The van der Waals surface area contributed by atoms with E-state index >= 15 is 0 Å². The zero-order chi connectivity index (χ0) is 22.7. The fraction of sp³-hybridized carbons (Fsp3) is 0.385. The number of hydrogen-bond donors (Lipinski definition) is 0. The summed E-state index contributed by atoms with van der Waals surface area (Å²) in [6.45, 7) is 10.9. The van der Waals surface area contributed by atoms with Crippen LogP contribution >= 0.6 is 0 Å². The molecule has 2 amide bonds. The van der Waals surface area contributed by atoms with Crippen LogP contribution in [-0.2, 0) is 16.0 Å². The van der Waals surface area contributed by atoms with Crippen LogP contribution in [-0.4, -0.2) is 60.9 Å². The molecule has 0 spiro atoms. The number of imide groups is 1. The molecule has 0 aliphatic carbocycles. The topological polar surface area (TPSA) is 53.1 Å². The number of rotatable bonds is 7. The SMILES string of the molecule is CCOc1ccc(C2=C(N3CCN(CC)CC3)C(=O)N(c3ccc(CC)cc3)C2=O)cc1. The van der Waals surface area contributed by atoms with Gasteiger partial charge in [-0.3, -0.25) is 9.59 Å². The van der Waals surface area contributed by atoms with E-state index in [4.69, 9.17) is 4.74 Å². The number of ether oxygens (including phenoxy) is 1. The molecule has 0 aromatic heterocycles. The van der Waals surface area contributed by atoms with Crippen LogP contribution in [0.25, 0.3) is 5.57 Å². The molecule has 2 aliphatic rings. The Kier molecular flexibility index (Phi) is 6.61. The summed E-state index contributed by atoms with van der Waals surface area (Å²) in [4.78, 5) is 33.0. The number of carbonyl (C=O) groups is 2. The van der Waals surface area contributed by atoms with Crippen LogP contribution in [0.3, 0.4) is 0 Å². The number of likely N-dealkylation sites (N-methyl/N-ethyl adjacent to an activating group) is 1. The Morgan fingerprint density at radius 1 is 0.812 bits per heavy atom. The highest BCUT2D eigenvalue weighted by Crippen LogP contribution is 2.35. The van der Waals surface area contributed by atoms with Crippen LogP contribution in [0.15, 0.2) is 54.2 Å². The van der Waals surface area contributed by atoms with Crippen LogP contribution < -0.4 is 9.64 Å². The lowest BCUT2D eigenvalue weighted by molar-refractivity contribution is -0.120. The molecule has 0 radical (unpaired) electrons. The Bertz CT molecular complexity index is 1000. The minimum atomic E-state index is -0.267. The minimum absolute atomic E-state index is 0.243. The summed E-state index contributed by atoms with van der Waals surface area (Å²) in [5.41, 5.74) is 3.51. The van der Waals surface area contributed by atoms with Crippen LogP contribution in [0.4, 0.5) is 5.69 Å². The van der Waals surface area contributed by atoms with Gasteiger partial charge in [0.1, 0.15) is 11.4 Å². The van der Waals surface area contributed by atoms with Crippen molar-refractivity contribution in [2.75, 3.05) is 44.2 Å². The van der Waals surface area contributed by atoms with Crippen LogP contribution in [0.5, 0.6) is 5.75 Å². The zero-order valence-corrected chi connectivity index (χ0v) is 19.1. The average molecular weight is 434 g/mol. The highest BCUT2D eigenvalue weighted by Gasteiger charge is 2.43. The van der Waals surface area contributed by atoms with Crippen molar-refractivity contribution in [3.05, 3.63) is 65.4 Å². The molecule has 0 unspecified atom stereocenters. The van der Waals surface area contributed by atoms with Crippen molar-refractivity contribution in [3.63, 3.8) is 0 Å². The second-order valence-corrected chi connectivity index (χ2v) is 8.07. The minimum Gasteiger partial charge on any atom is -0.494 e. The van der Waals surface area contributed by atoms with Gasteiger partial charge < -0.3 is 14.5 Å². The Hall–Kier alpha value is -3.12. The van der Waals surface area contributed by atoms with Gasteiger partial charge in [0.15, 0.2) is 0 Å². The summed E-state index contributed by atoms with van der Waals surface area (Å²) in [5, 5.41) is 0. The molecule has 2 aromatic carbocycles. The molecular weight excluding hydrogens is 402 g/mol. The molecule has 2 aromatic rings. The van der Waals surface area contributed by atoms with Gasteiger partial charge in [-0.05, 0) is 55.3 Å². The molecule has 0 N–H and O–H groups in total. The molecule has 0 atom stereocenters. The van der Waals surface area contributed by atoms with Crippen molar-refractivity contribution in [1.82, 2.24) is 9.80 Å². The maximum absolute atomic E-state index is 13.6. The molecule has 2 heterocycles. The molecule has 32 heavy (non-hydrogen) atoms. The van der Waals surface area contributed by atoms with E-state index in [-0.39, 0.29) is 11.8 Å². The smallest absolute Gasteiger partial charge is 0.282 e. The Labute approximate surface area is 190 Å². The maximum Gasteiger partial charge on any atom is 0.282 e. The van der Waals surface area contributed by atoms with E-state index in [1.165, 1.54) is 10.5 Å². The van der Waals surface area contributed by atoms with E-state index < -0.39 is 0 Å². The number of nitrogens with zero attached hydrogens (tertiary/aromatic N) is 3. The maximum atomic E-state index is 13.6. The number of carbonyl (C=O) groups excluding carboxylic acids is 2. The molecule has 0 bridgehead atoms. The Balaban J connectivity index is 1.73. The first-order valence-electron chi connectivity index (χ1n) is 11.5. The molecule has 6 heteroatoms. The van der Waals surface area contributed by atoms with Crippen LogP contribution in [0.1, 0.15) is 31.9 Å². The highest BCUT2D eigenvalue weighted by molar-refractivity contribution is 6.45. The summed E-state index contributed by atoms with van der Waals surface area (Å²) >= 11 is 0. The van der Waals surface area contributed by atoms with Gasteiger partial charge in [-0.25, -0.2) is 4.90 Å². The number of aryl methyl sites for hydroxylation is 1. The number of hydrogen-bond acceptors (Lipinski definition) is 5. The fourth-order valence-corrected chi connectivity index (χ4v) is 4.36. The van der Waals surface area contributed by atoms with Crippen molar-refractivity contribution < 1.29 is 14.3 Å². The third-order valence-electron chi connectivity index (χ3n) is 6.25. The van der Waals surface area contributed by atoms with E-state index in [0.717, 1.165) is 50.5 Å². The first-order chi connectivity index (χ1) is 15.6. The summed E-state index contributed by atoms with van der Waals surface area (Å²) in [7, 11) is 0. The van der Waals surface area contributed by atoms with E-state index in [1.54, 1.807) is 0 Å². The summed E-state index contributed by atoms with van der Waals surface area (Å²) in [5.74, 6) is 0.239. The lowest BCUT2D eigenvalue weighted by atomic mass is 10.0. The van der Waals surface area contributed by atoms with E-state index in [0.29, 0.717) is 23.6 Å². The second-order valence-electron chi connectivity index (χ2n) is 8.07. The summed E-state index contributed by atoms with van der Waals surface area (Å²) < 4.78 is 5.56. The first-order valence-corrected chi connectivity index (χ1v) is 11.5. The van der Waals surface area contributed by atoms with Crippen molar-refractivity contribution >= 4 is 23.1 Å². The lowest BCUT2D eigenvalue weighted by Crippen LogP contribution is -2.47. The molecule has 0 saturated carbocycles. The standard InChI is InChI=1S/C26H31N3O3/c1-4-19-7-11-21(12-8-19)29-25(30)23(20-9-13-22(14-10-20)32-6-3)24(26(29)31)28-17-15-27(5-2)16-18-28/h7-14H,4-6,15-18H2,1-3H3. The molecule has 6 nitrogen and oxygen atoms in total. The number of piperazine rings is 1. The van der Waals surface area contributed by atoms with Gasteiger partial charge in [-0.1, -0.05) is 38.1 Å². The first kappa shape index (κ1) is 22.1. The average Bonchev–Trinajstić information content (AvgIpc) is 3.10. The predicted molar refractivity (Wildman–Crippen MR) is 127 cm³/mol. The third-order valence-corrected chi connectivity index (χ3v) is 6.25. The molecule has 4 rings (SSSR count). The van der Waals surface area contributed by atoms with Gasteiger partial charge >= 0.3 is 0 Å². The van der Waals surface area contributed by atoms with Crippen LogP contribution in [0.2, 0.25) is 0 Å². The molecular formula is C26H31N3O3. The zero-order valence-electron chi connectivity index (χ0n) is 19.1. The highest BCUT2D eigenvalue weighted by atomic mass is 16.5. The summed E-state index contributed by atoms with van der Waals surface area (Å²) in [6.07, 6.45) is 0.908. The van der Waals surface area contributed by atoms with Gasteiger partial charge in [0, 0.05) is 26.2 Å². The number of amides is 2. The van der Waals surface area contributed by atoms with Crippen molar-refractivity contribution in [2.45, 2.75) is 27.2 Å². The quantitative estimate of drug-likeness (QED) is 0.625. The summed E-state index contributed by atoms with van der Waals surface area (Å²) in [6, 6.07) is 15.1. The lowest BCUT2D eigenvalue weighted by Gasteiger charge is -2.36. The third kappa shape index (κ3) is 4.15. The number of benzene rings is 2. The normalized spacial score (nSPS) is 17.5. The molecule has 1 saturated heterocycles. The van der Waals surface area contributed by atoms with Gasteiger partial charge in [-0.2, -0.15) is 0 Å². The van der Waals surface area contributed by atoms with Gasteiger partial charge in [0.25, 0.3) is 11.8 Å². The molecule has 1 fully saturated rings. The Morgan fingerprint density at radius 3 is 2.03 bits per heavy atom. The van der Waals surface area contributed by atoms with E-state index in [1.807, 2.05) is 55.5 Å². The number of anilines is 1. The predicted octanol–water partition coefficient (Wildman–Crippen LogP) is 3.57. The van der Waals surface area contributed by atoms with Crippen molar-refractivity contribution in [2.24, 2.45) is 0 Å². The molecule has 168 valence electrons. The Morgan fingerprint density at radius 2 is 1.47 bits per heavy atom. The van der Waals surface area contributed by atoms with Crippen molar-refractivity contribution in [1.29, 1.82) is 0 Å². The largest absolute Gasteiger partial charge is 0.494 e. The molecule has 2 aliphatic heterocycles. The van der Waals surface area contributed by atoms with Gasteiger partial charge in [-0.15, -0.1) is 0 Å². The van der Waals surface area contributed by atoms with Gasteiger partial charge in [0.05, 0.1) is 17.9 Å². The second kappa shape index (κ2) is 9.57.